The van der Waals surface area contributed by atoms with E-state index in [4.69, 9.17) is 15.2 Å². The largest absolute Gasteiger partial charge is 0.494 e. The number of nitrogens with two attached hydrogens (primary N) is 1. The fourth-order valence-electron chi connectivity index (χ4n) is 5.38. The van der Waals surface area contributed by atoms with E-state index in [-0.39, 0.29) is 30.6 Å². The van der Waals surface area contributed by atoms with E-state index in [9.17, 15) is 19.2 Å². The minimum atomic E-state index is -0.711. The molecule has 1 aliphatic rings. The van der Waals surface area contributed by atoms with Crippen LogP contribution in [0.3, 0.4) is 0 Å². The van der Waals surface area contributed by atoms with Gasteiger partial charge >= 0.3 is 6.09 Å². The lowest BCUT2D eigenvalue weighted by Gasteiger charge is -2.28. The number of imidazole rings is 1. The first-order valence-electron chi connectivity index (χ1n) is 14.7. The maximum Gasteiger partial charge on any atom is 0.407 e. The first-order chi connectivity index (χ1) is 21.7. The molecule has 14 heteroatoms. The van der Waals surface area contributed by atoms with Gasteiger partial charge in [0.15, 0.2) is 6.61 Å². The van der Waals surface area contributed by atoms with Gasteiger partial charge < -0.3 is 30.0 Å². The van der Waals surface area contributed by atoms with Crippen LogP contribution in [0.25, 0.3) is 11.0 Å². The van der Waals surface area contributed by atoms with Crippen molar-refractivity contribution < 1.29 is 28.7 Å². The molecule has 0 saturated carbocycles. The third-order valence-electron chi connectivity index (χ3n) is 7.61. The molecular weight excluding hydrogens is 580 g/mol. The quantitative estimate of drug-likeness (QED) is 0.216. The number of aryl methyl sites for hydroxylation is 3. The number of methoxy groups -OCH3 is 1. The van der Waals surface area contributed by atoms with Crippen LogP contribution in [0.15, 0.2) is 42.5 Å². The average molecular weight is 617 g/mol. The van der Waals surface area contributed by atoms with Gasteiger partial charge in [0.25, 0.3) is 11.8 Å². The van der Waals surface area contributed by atoms with Gasteiger partial charge in [-0.2, -0.15) is 5.10 Å². The van der Waals surface area contributed by atoms with Crippen LogP contribution >= 0.6 is 0 Å². The summed E-state index contributed by atoms with van der Waals surface area (Å²) in [7, 11) is 1.46. The molecule has 14 nitrogen and oxygen atoms in total. The van der Waals surface area contributed by atoms with Crippen LogP contribution in [-0.2, 0) is 35.6 Å². The molecule has 3 heterocycles. The number of benzene rings is 2. The Labute approximate surface area is 259 Å². The molecule has 0 saturated heterocycles. The number of anilines is 1. The molecule has 236 valence electrons. The third-order valence-corrected chi connectivity index (χ3v) is 7.61. The molecule has 0 spiro atoms. The molecule has 5 rings (SSSR count). The Balaban J connectivity index is 1.23. The number of carbonyl (C=O) groups is 4. The summed E-state index contributed by atoms with van der Waals surface area (Å²) in [4.78, 5) is 56.5. The molecule has 4 amide bonds. The Hall–Kier alpha value is -5.40. The number of hydrogen-bond donors (Lipinski definition) is 3. The number of primary amides is 1. The van der Waals surface area contributed by atoms with Gasteiger partial charge in [-0.1, -0.05) is 24.3 Å². The number of aromatic nitrogens is 4. The van der Waals surface area contributed by atoms with Crippen LogP contribution in [0, 0.1) is 6.92 Å². The van der Waals surface area contributed by atoms with Gasteiger partial charge in [0.1, 0.15) is 17.0 Å². The van der Waals surface area contributed by atoms with Crippen LogP contribution in [0.1, 0.15) is 51.0 Å². The summed E-state index contributed by atoms with van der Waals surface area (Å²) >= 11 is 0. The summed E-state index contributed by atoms with van der Waals surface area (Å²) in [5.41, 5.74) is 10.0. The van der Waals surface area contributed by atoms with E-state index in [1.54, 1.807) is 27.1 Å². The van der Waals surface area contributed by atoms with Gasteiger partial charge in [0, 0.05) is 38.3 Å². The van der Waals surface area contributed by atoms with Crippen molar-refractivity contribution in [3.8, 4) is 5.75 Å². The van der Waals surface area contributed by atoms with E-state index in [0.29, 0.717) is 60.8 Å². The average Bonchev–Trinajstić information content (AvgIpc) is 3.60. The number of rotatable bonds is 11. The van der Waals surface area contributed by atoms with E-state index in [1.165, 1.54) is 24.8 Å². The van der Waals surface area contributed by atoms with Crippen molar-refractivity contribution in [1.29, 1.82) is 0 Å². The number of nitrogens with one attached hydrogen (secondary N) is 2. The molecule has 4 aromatic rings. The lowest BCUT2D eigenvalue weighted by atomic mass is 10.00. The maximum absolute atomic E-state index is 13.3. The van der Waals surface area contributed by atoms with Crippen molar-refractivity contribution in [2.45, 2.75) is 46.3 Å². The molecule has 0 aliphatic carbocycles. The van der Waals surface area contributed by atoms with E-state index in [2.05, 4.69) is 26.8 Å². The normalized spacial score (nSPS) is 12.5. The molecule has 0 unspecified atom stereocenters. The molecule has 0 bridgehead atoms. The minimum Gasteiger partial charge on any atom is -0.494 e. The Morgan fingerprint density at radius 3 is 2.60 bits per heavy atom. The number of amides is 4. The Morgan fingerprint density at radius 1 is 1.09 bits per heavy atom. The second kappa shape index (κ2) is 13.5. The standard InChI is InChI=1S/C31H36N8O6/c1-4-39-24(14-19(2)36-39)29(42)35-30-34-23-15-22(28(32)41)16-25(44-3)27(23)38(30)12-7-11-33-31(43)45-18-26(40)37-13-10-20-8-5-6-9-21(20)17-37/h5-6,8-9,14-16H,4,7,10-13,17-18H2,1-3H3,(H2,32,41)(H,33,43)(H,34,35,42). The smallest absolute Gasteiger partial charge is 0.407 e. The molecule has 4 N–H and O–H groups in total. The molecule has 2 aromatic heterocycles. The maximum atomic E-state index is 13.3. The van der Waals surface area contributed by atoms with Crippen molar-refractivity contribution in [2.24, 2.45) is 5.73 Å². The summed E-state index contributed by atoms with van der Waals surface area (Å²) in [6.07, 6.45) is 0.458. The highest BCUT2D eigenvalue weighted by Crippen LogP contribution is 2.31. The number of ether oxygens (including phenoxy) is 2. The van der Waals surface area contributed by atoms with Crippen molar-refractivity contribution >= 4 is 40.8 Å². The first-order valence-corrected chi connectivity index (χ1v) is 14.7. The van der Waals surface area contributed by atoms with Gasteiger partial charge in [-0.15, -0.1) is 0 Å². The van der Waals surface area contributed by atoms with Crippen LogP contribution in [-0.4, -0.2) is 74.9 Å². The fraction of sp³-hybridized carbons (Fsp3) is 0.355. The number of hydrogen-bond acceptors (Lipinski definition) is 8. The number of alkyl carbamates (subject to hydrolysis) is 1. The van der Waals surface area contributed by atoms with Gasteiger partial charge in [0.2, 0.25) is 11.9 Å². The molecular formula is C31H36N8O6. The van der Waals surface area contributed by atoms with Crippen molar-refractivity contribution in [3.63, 3.8) is 0 Å². The highest BCUT2D eigenvalue weighted by Gasteiger charge is 2.23. The molecule has 0 radical (unpaired) electrons. The summed E-state index contributed by atoms with van der Waals surface area (Å²) in [5.74, 6) is -0.759. The molecule has 2 aromatic carbocycles. The number of fused-ring (bicyclic) bond motifs is 2. The van der Waals surface area contributed by atoms with Crippen molar-refractivity contribution in [1.82, 2.24) is 29.5 Å². The van der Waals surface area contributed by atoms with E-state index in [1.807, 2.05) is 25.1 Å². The Morgan fingerprint density at radius 2 is 1.87 bits per heavy atom. The molecule has 0 fully saturated rings. The highest BCUT2D eigenvalue weighted by molar-refractivity contribution is 6.04. The predicted octanol–water partition coefficient (Wildman–Crippen LogP) is 2.62. The highest BCUT2D eigenvalue weighted by atomic mass is 16.6. The van der Waals surface area contributed by atoms with Crippen molar-refractivity contribution in [2.75, 3.05) is 32.1 Å². The van der Waals surface area contributed by atoms with Crippen LogP contribution in [0.2, 0.25) is 0 Å². The first kappa shape index (κ1) is 31.0. The second-order valence-corrected chi connectivity index (χ2v) is 10.6. The monoisotopic (exact) mass is 616 g/mol. The molecule has 1 aliphatic heterocycles. The second-order valence-electron chi connectivity index (χ2n) is 10.6. The topological polar surface area (TPSA) is 176 Å². The van der Waals surface area contributed by atoms with E-state index < -0.39 is 17.9 Å². The lowest BCUT2D eigenvalue weighted by Crippen LogP contribution is -2.39. The van der Waals surface area contributed by atoms with Gasteiger partial charge in [-0.3, -0.25) is 24.4 Å². The number of nitrogens with zero attached hydrogens (tertiary/aromatic N) is 5. The van der Waals surface area contributed by atoms with Crippen molar-refractivity contribution in [3.05, 3.63) is 70.5 Å². The summed E-state index contributed by atoms with van der Waals surface area (Å²) in [6.45, 7) is 5.40. The zero-order chi connectivity index (χ0) is 32.1. The van der Waals surface area contributed by atoms with E-state index >= 15 is 0 Å². The molecule has 0 atom stereocenters. The Bertz CT molecular complexity index is 1760. The predicted molar refractivity (Wildman–Crippen MR) is 165 cm³/mol. The van der Waals surface area contributed by atoms with Crippen LogP contribution in [0.4, 0.5) is 10.7 Å². The SMILES string of the molecule is CCn1nc(C)cc1C(=O)Nc1nc2cc(C(N)=O)cc(OC)c2n1CCCNC(=O)OCC(=O)N1CCc2ccccc2C1. The third kappa shape index (κ3) is 6.89. The number of carbonyl (C=O) groups excluding carboxylic acids is 4. The summed E-state index contributed by atoms with van der Waals surface area (Å²) in [6, 6.07) is 12.7. The van der Waals surface area contributed by atoms with E-state index in [0.717, 1.165) is 12.0 Å². The fourth-order valence-corrected chi connectivity index (χ4v) is 5.38. The van der Waals surface area contributed by atoms with Crippen LogP contribution in [0.5, 0.6) is 5.75 Å². The minimum absolute atomic E-state index is 0.203. The zero-order valence-corrected chi connectivity index (χ0v) is 25.5. The van der Waals surface area contributed by atoms with Gasteiger partial charge in [-0.25, -0.2) is 9.78 Å². The lowest BCUT2D eigenvalue weighted by molar-refractivity contribution is -0.135. The molecule has 45 heavy (non-hydrogen) atoms. The van der Waals surface area contributed by atoms with Gasteiger partial charge in [0.05, 0.1) is 18.3 Å². The summed E-state index contributed by atoms with van der Waals surface area (Å²) < 4.78 is 14.1. The summed E-state index contributed by atoms with van der Waals surface area (Å²) in [5, 5.41) is 9.85. The van der Waals surface area contributed by atoms with Crippen LogP contribution < -0.4 is 21.1 Å². The van der Waals surface area contributed by atoms with Gasteiger partial charge in [-0.05, 0) is 56.0 Å². The zero-order valence-electron chi connectivity index (χ0n) is 25.5. The Kier molecular flexibility index (Phi) is 9.31.